The van der Waals surface area contributed by atoms with Gasteiger partial charge in [0.1, 0.15) is 0 Å². The number of hydrogen-bond acceptors (Lipinski definition) is 4. The van der Waals surface area contributed by atoms with Crippen LogP contribution in [0.5, 0.6) is 0 Å². The lowest BCUT2D eigenvalue weighted by Gasteiger charge is -2.45. The van der Waals surface area contributed by atoms with Crippen molar-refractivity contribution in [2.45, 2.75) is 65.2 Å². The van der Waals surface area contributed by atoms with Crippen LogP contribution in [-0.4, -0.2) is 73.2 Å². The molecule has 5 nitrogen and oxygen atoms in total. The van der Waals surface area contributed by atoms with Gasteiger partial charge >= 0.3 is 0 Å². The number of piperidine rings is 1. The molecule has 1 N–H and O–H groups in total. The Labute approximate surface area is 171 Å². The average molecular weight is 410 g/mol. The monoisotopic (exact) mass is 409 g/mol. The van der Waals surface area contributed by atoms with Crippen LogP contribution in [0.3, 0.4) is 0 Å². The van der Waals surface area contributed by atoms with Crippen molar-refractivity contribution in [3.05, 3.63) is 0 Å². The molecule has 3 saturated heterocycles. The highest BCUT2D eigenvalue weighted by Gasteiger charge is 2.41. The standard InChI is InChI=1S/C19H35N3O2.2ClH/c1-14(2)17(22-11-15(3)24-16(4)12-22)18(23)21-9-6-19(7-10-21)5-8-20-13-19;;/h14-17,20H,5-13H2,1-4H3;2*1H. The average Bonchev–Trinajstić information content (AvgIpc) is 2.95. The molecule has 3 aliphatic heterocycles. The Balaban J connectivity index is 0.00000169. The van der Waals surface area contributed by atoms with E-state index in [1.165, 1.54) is 6.42 Å². The zero-order valence-electron chi connectivity index (χ0n) is 16.7. The van der Waals surface area contributed by atoms with Crippen molar-refractivity contribution in [2.24, 2.45) is 11.3 Å². The zero-order chi connectivity index (χ0) is 17.3. The quantitative estimate of drug-likeness (QED) is 0.777. The Hall–Kier alpha value is -0.0700. The van der Waals surface area contributed by atoms with Crippen LogP contribution in [0.4, 0.5) is 0 Å². The van der Waals surface area contributed by atoms with Gasteiger partial charge in [0, 0.05) is 32.7 Å². The van der Waals surface area contributed by atoms with Gasteiger partial charge in [0.15, 0.2) is 0 Å². The fraction of sp³-hybridized carbons (Fsp3) is 0.947. The maximum Gasteiger partial charge on any atom is 0.240 e. The molecule has 3 fully saturated rings. The summed E-state index contributed by atoms with van der Waals surface area (Å²) in [5.41, 5.74) is 0.464. The Morgan fingerprint density at radius 1 is 1.08 bits per heavy atom. The molecule has 3 unspecified atom stereocenters. The van der Waals surface area contributed by atoms with Crippen molar-refractivity contribution >= 4 is 30.7 Å². The van der Waals surface area contributed by atoms with Crippen LogP contribution in [0.2, 0.25) is 0 Å². The third kappa shape index (κ3) is 5.26. The molecule has 0 aromatic carbocycles. The third-order valence-corrected chi connectivity index (χ3v) is 6.19. The molecular weight excluding hydrogens is 373 g/mol. The molecule has 7 heteroatoms. The second-order valence-electron chi connectivity index (χ2n) is 8.65. The van der Waals surface area contributed by atoms with Crippen LogP contribution in [0.15, 0.2) is 0 Å². The summed E-state index contributed by atoms with van der Waals surface area (Å²) in [6.45, 7) is 14.5. The number of ether oxygens (including phenoxy) is 1. The predicted octanol–water partition coefficient (Wildman–Crippen LogP) is 2.57. The van der Waals surface area contributed by atoms with E-state index in [1.807, 2.05) is 0 Å². The summed E-state index contributed by atoms with van der Waals surface area (Å²) in [4.78, 5) is 17.8. The first-order valence-electron chi connectivity index (χ1n) is 9.79. The van der Waals surface area contributed by atoms with Gasteiger partial charge in [0.05, 0.1) is 18.2 Å². The minimum absolute atomic E-state index is 0. The molecule has 3 aliphatic rings. The van der Waals surface area contributed by atoms with E-state index in [9.17, 15) is 4.79 Å². The van der Waals surface area contributed by atoms with Crippen molar-refractivity contribution in [1.82, 2.24) is 15.1 Å². The molecule has 0 bridgehead atoms. The van der Waals surface area contributed by atoms with Gasteiger partial charge in [-0.05, 0) is 51.0 Å². The van der Waals surface area contributed by atoms with Gasteiger partial charge in [-0.25, -0.2) is 0 Å². The summed E-state index contributed by atoms with van der Waals surface area (Å²) < 4.78 is 5.86. The molecule has 1 spiro atoms. The largest absolute Gasteiger partial charge is 0.373 e. The van der Waals surface area contributed by atoms with E-state index in [4.69, 9.17) is 4.74 Å². The number of carbonyl (C=O) groups is 1. The van der Waals surface area contributed by atoms with E-state index in [1.54, 1.807) is 0 Å². The summed E-state index contributed by atoms with van der Waals surface area (Å²) in [6.07, 6.45) is 4.01. The van der Waals surface area contributed by atoms with Crippen LogP contribution in [0, 0.1) is 11.3 Å². The van der Waals surface area contributed by atoms with E-state index in [0.29, 0.717) is 17.2 Å². The lowest BCUT2D eigenvalue weighted by atomic mass is 9.77. The Kier molecular flexibility index (Phi) is 9.15. The fourth-order valence-corrected chi connectivity index (χ4v) is 4.92. The van der Waals surface area contributed by atoms with Gasteiger partial charge in [-0.15, -0.1) is 24.8 Å². The van der Waals surface area contributed by atoms with E-state index >= 15 is 0 Å². The zero-order valence-corrected chi connectivity index (χ0v) is 18.3. The molecule has 3 rings (SSSR count). The number of halogens is 2. The SMILES string of the molecule is CC1CN(C(C(=O)N2CCC3(CCNC3)CC2)C(C)C)CC(C)O1.Cl.Cl. The van der Waals surface area contributed by atoms with Gasteiger partial charge in [0.2, 0.25) is 5.91 Å². The third-order valence-electron chi connectivity index (χ3n) is 6.19. The number of likely N-dealkylation sites (tertiary alicyclic amines) is 1. The first-order valence-corrected chi connectivity index (χ1v) is 9.79. The summed E-state index contributed by atoms with van der Waals surface area (Å²) in [7, 11) is 0. The molecule has 0 radical (unpaired) electrons. The second kappa shape index (κ2) is 9.92. The maximum atomic E-state index is 13.3. The smallest absolute Gasteiger partial charge is 0.240 e. The maximum absolute atomic E-state index is 13.3. The lowest BCUT2D eigenvalue weighted by Crippen LogP contribution is -2.58. The fourth-order valence-electron chi connectivity index (χ4n) is 4.92. The van der Waals surface area contributed by atoms with Crippen LogP contribution in [-0.2, 0) is 9.53 Å². The van der Waals surface area contributed by atoms with Crippen molar-refractivity contribution < 1.29 is 9.53 Å². The van der Waals surface area contributed by atoms with E-state index in [0.717, 1.165) is 52.1 Å². The molecule has 0 aromatic heterocycles. The van der Waals surface area contributed by atoms with E-state index in [-0.39, 0.29) is 43.1 Å². The van der Waals surface area contributed by atoms with Gasteiger partial charge in [0.25, 0.3) is 0 Å². The number of rotatable bonds is 3. The first kappa shape index (κ1) is 24.0. The topological polar surface area (TPSA) is 44.8 Å². The molecule has 0 saturated carbocycles. The molecule has 0 aromatic rings. The minimum atomic E-state index is -0.00504. The molecule has 0 aliphatic carbocycles. The van der Waals surface area contributed by atoms with Crippen LogP contribution < -0.4 is 5.32 Å². The highest BCUT2D eigenvalue weighted by Crippen LogP contribution is 2.37. The molecule has 1 amide bonds. The lowest BCUT2D eigenvalue weighted by molar-refractivity contribution is -0.147. The first-order chi connectivity index (χ1) is 11.4. The predicted molar refractivity (Wildman–Crippen MR) is 110 cm³/mol. The van der Waals surface area contributed by atoms with Gasteiger partial charge in [-0.1, -0.05) is 13.8 Å². The Morgan fingerprint density at radius 2 is 1.65 bits per heavy atom. The summed E-state index contributed by atoms with van der Waals surface area (Å²) in [6, 6.07) is -0.00504. The number of carbonyl (C=O) groups excluding carboxylic acids is 1. The molecule has 154 valence electrons. The Morgan fingerprint density at radius 3 is 2.12 bits per heavy atom. The van der Waals surface area contributed by atoms with Crippen LogP contribution >= 0.6 is 24.8 Å². The van der Waals surface area contributed by atoms with Gasteiger partial charge in [-0.3, -0.25) is 9.69 Å². The van der Waals surface area contributed by atoms with E-state index < -0.39 is 0 Å². The van der Waals surface area contributed by atoms with E-state index in [2.05, 4.69) is 42.8 Å². The second-order valence-corrected chi connectivity index (χ2v) is 8.65. The van der Waals surface area contributed by atoms with Crippen molar-refractivity contribution in [2.75, 3.05) is 39.3 Å². The minimum Gasteiger partial charge on any atom is -0.373 e. The number of amides is 1. The summed E-state index contributed by atoms with van der Waals surface area (Å²) in [5, 5.41) is 3.50. The van der Waals surface area contributed by atoms with Crippen molar-refractivity contribution in [1.29, 1.82) is 0 Å². The molecule has 3 heterocycles. The van der Waals surface area contributed by atoms with Gasteiger partial charge in [-0.2, -0.15) is 0 Å². The van der Waals surface area contributed by atoms with Gasteiger partial charge < -0.3 is 15.0 Å². The van der Waals surface area contributed by atoms with Crippen molar-refractivity contribution in [3.8, 4) is 0 Å². The number of hydrogen-bond donors (Lipinski definition) is 1. The Bertz CT molecular complexity index is 438. The van der Waals surface area contributed by atoms with Crippen LogP contribution in [0.1, 0.15) is 47.0 Å². The van der Waals surface area contributed by atoms with Crippen LogP contribution in [0.25, 0.3) is 0 Å². The number of nitrogens with zero attached hydrogens (tertiary/aromatic N) is 2. The highest BCUT2D eigenvalue weighted by atomic mass is 35.5. The molecule has 3 atom stereocenters. The highest BCUT2D eigenvalue weighted by molar-refractivity contribution is 5.85. The normalized spacial score (nSPS) is 30.0. The molecular formula is C19H37Cl2N3O2. The number of morpholine rings is 1. The molecule has 26 heavy (non-hydrogen) atoms. The van der Waals surface area contributed by atoms with Crippen molar-refractivity contribution in [3.63, 3.8) is 0 Å². The number of nitrogens with one attached hydrogen (secondary N) is 1. The summed E-state index contributed by atoms with van der Waals surface area (Å²) >= 11 is 0. The summed E-state index contributed by atoms with van der Waals surface area (Å²) in [5.74, 6) is 0.672.